The van der Waals surface area contributed by atoms with Crippen LogP contribution in [0.25, 0.3) is 11.0 Å². The molecule has 16 heavy (non-hydrogen) atoms. The SMILES string of the molecule is CC(Cl)c1nc2cnccc2n1CC(N)=O. The van der Waals surface area contributed by atoms with Gasteiger partial charge in [-0.1, -0.05) is 0 Å². The molecule has 5 nitrogen and oxygen atoms in total. The number of halogens is 1. The zero-order valence-electron chi connectivity index (χ0n) is 8.72. The van der Waals surface area contributed by atoms with E-state index in [0.717, 1.165) is 5.52 Å². The Balaban J connectivity index is 2.64. The smallest absolute Gasteiger partial charge is 0.237 e. The maximum Gasteiger partial charge on any atom is 0.237 e. The van der Waals surface area contributed by atoms with E-state index < -0.39 is 5.91 Å². The highest BCUT2D eigenvalue weighted by Gasteiger charge is 2.15. The monoisotopic (exact) mass is 238 g/mol. The van der Waals surface area contributed by atoms with E-state index >= 15 is 0 Å². The first kappa shape index (κ1) is 10.9. The second-order valence-corrected chi connectivity index (χ2v) is 4.16. The molecule has 0 radical (unpaired) electrons. The van der Waals surface area contributed by atoms with E-state index in [1.54, 1.807) is 30.0 Å². The van der Waals surface area contributed by atoms with Crippen LogP contribution in [0, 0.1) is 0 Å². The van der Waals surface area contributed by atoms with Crippen molar-refractivity contribution in [3.05, 3.63) is 24.3 Å². The number of carbonyl (C=O) groups excluding carboxylic acids is 1. The molecule has 0 aliphatic carbocycles. The lowest BCUT2D eigenvalue weighted by Crippen LogP contribution is -2.20. The quantitative estimate of drug-likeness (QED) is 0.817. The van der Waals surface area contributed by atoms with E-state index in [9.17, 15) is 4.79 Å². The molecule has 2 rings (SSSR count). The summed E-state index contributed by atoms with van der Waals surface area (Å²) in [5.41, 5.74) is 6.73. The first-order valence-corrected chi connectivity index (χ1v) is 5.25. The number of alkyl halides is 1. The second-order valence-electron chi connectivity index (χ2n) is 3.50. The Labute approximate surface area is 97.2 Å². The largest absolute Gasteiger partial charge is 0.368 e. The topological polar surface area (TPSA) is 73.8 Å². The van der Waals surface area contributed by atoms with Gasteiger partial charge in [0.15, 0.2) is 0 Å². The highest BCUT2D eigenvalue weighted by molar-refractivity contribution is 6.20. The predicted octanol–water partition coefficient (Wildman–Crippen LogP) is 1.22. The highest BCUT2D eigenvalue weighted by Crippen LogP contribution is 2.23. The molecule has 0 saturated heterocycles. The number of pyridine rings is 1. The van der Waals surface area contributed by atoms with Gasteiger partial charge in [-0.25, -0.2) is 4.98 Å². The van der Waals surface area contributed by atoms with Gasteiger partial charge in [0.1, 0.15) is 17.9 Å². The van der Waals surface area contributed by atoms with Gasteiger partial charge < -0.3 is 10.3 Å². The number of amides is 1. The van der Waals surface area contributed by atoms with E-state index in [-0.39, 0.29) is 11.9 Å². The summed E-state index contributed by atoms with van der Waals surface area (Å²) in [6.07, 6.45) is 3.28. The summed E-state index contributed by atoms with van der Waals surface area (Å²) >= 11 is 6.01. The lowest BCUT2D eigenvalue weighted by molar-refractivity contribution is -0.118. The van der Waals surface area contributed by atoms with E-state index in [0.29, 0.717) is 11.3 Å². The third-order valence-electron chi connectivity index (χ3n) is 2.25. The van der Waals surface area contributed by atoms with Crippen LogP contribution in [0.5, 0.6) is 0 Å². The third-order valence-corrected chi connectivity index (χ3v) is 2.44. The van der Waals surface area contributed by atoms with Crippen molar-refractivity contribution in [3.63, 3.8) is 0 Å². The Morgan fingerprint density at radius 3 is 3.06 bits per heavy atom. The number of nitrogens with zero attached hydrogens (tertiary/aromatic N) is 3. The summed E-state index contributed by atoms with van der Waals surface area (Å²) < 4.78 is 1.72. The van der Waals surface area contributed by atoms with Crippen LogP contribution in [0.4, 0.5) is 0 Å². The maximum atomic E-state index is 11.0. The van der Waals surface area contributed by atoms with Crippen molar-refractivity contribution < 1.29 is 4.79 Å². The molecule has 0 fully saturated rings. The molecule has 0 aromatic carbocycles. The molecule has 2 aromatic rings. The average Bonchev–Trinajstić information content (AvgIpc) is 2.57. The fraction of sp³-hybridized carbons (Fsp3) is 0.300. The molecular weight excluding hydrogens is 228 g/mol. The predicted molar refractivity (Wildman–Crippen MR) is 61.0 cm³/mol. The van der Waals surface area contributed by atoms with Gasteiger partial charge in [0.05, 0.1) is 17.1 Å². The molecular formula is C10H11ClN4O. The highest BCUT2D eigenvalue weighted by atomic mass is 35.5. The molecule has 0 spiro atoms. The lowest BCUT2D eigenvalue weighted by atomic mass is 10.4. The van der Waals surface area contributed by atoms with Crippen LogP contribution < -0.4 is 5.73 Å². The summed E-state index contributed by atoms with van der Waals surface area (Å²) in [7, 11) is 0. The summed E-state index contributed by atoms with van der Waals surface area (Å²) in [5, 5.41) is -0.285. The minimum atomic E-state index is -0.422. The van der Waals surface area contributed by atoms with Gasteiger partial charge in [0, 0.05) is 6.20 Å². The summed E-state index contributed by atoms with van der Waals surface area (Å²) in [6.45, 7) is 1.88. The van der Waals surface area contributed by atoms with Crippen LogP contribution in [-0.2, 0) is 11.3 Å². The zero-order valence-corrected chi connectivity index (χ0v) is 9.48. The Morgan fingerprint density at radius 2 is 2.44 bits per heavy atom. The van der Waals surface area contributed by atoms with Crippen molar-refractivity contribution in [1.82, 2.24) is 14.5 Å². The van der Waals surface area contributed by atoms with E-state index in [2.05, 4.69) is 9.97 Å². The minimum absolute atomic E-state index is 0.0763. The number of primary amides is 1. The van der Waals surface area contributed by atoms with Crippen molar-refractivity contribution >= 4 is 28.5 Å². The molecule has 2 aromatic heterocycles. The Morgan fingerprint density at radius 1 is 1.69 bits per heavy atom. The van der Waals surface area contributed by atoms with Crippen molar-refractivity contribution in [2.75, 3.05) is 0 Å². The number of hydrogen-bond acceptors (Lipinski definition) is 3. The molecule has 0 aliphatic rings. The number of carbonyl (C=O) groups is 1. The first-order chi connectivity index (χ1) is 7.59. The van der Waals surface area contributed by atoms with Gasteiger partial charge in [0.2, 0.25) is 5.91 Å². The van der Waals surface area contributed by atoms with E-state index in [1.165, 1.54) is 0 Å². The van der Waals surface area contributed by atoms with Crippen LogP contribution in [0.3, 0.4) is 0 Å². The van der Waals surface area contributed by atoms with Crippen molar-refractivity contribution in [2.24, 2.45) is 5.73 Å². The van der Waals surface area contributed by atoms with Gasteiger partial charge in [0.25, 0.3) is 0 Å². The maximum absolute atomic E-state index is 11.0. The van der Waals surface area contributed by atoms with Crippen LogP contribution in [0.1, 0.15) is 18.1 Å². The van der Waals surface area contributed by atoms with Crippen LogP contribution in [0.15, 0.2) is 18.5 Å². The summed E-state index contributed by atoms with van der Waals surface area (Å²) in [6, 6.07) is 1.79. The summed E-state index contributed by atoms with van der Waals surface area (Å²) in [5.74, 6) is 0.207. The minimum Gasteiger partial charge on any atom is -0.368 e. The van der Waals surface area contributed by atoms with Crippen molar-refractivity contribution in [3.8, 4) is 0 Å². The molecule has 1 amide bonds. The molecule has 6 heteroatoms. The molecule has 84 valence electrons. The zero-order chi connectivity index (χ0) is 11.7. The fourth-order valence-electron chi connectivity index (χ4n) is 1.63. The Kier molecular flexibility index (Phi) is 2.78. The van der Waals surface area contributed by atoms with Crippen molar-refractivity contribution in [2.45, 2.75) is 18.8 Å². The molecule has 0 saturated carbocycles. The Hall–Kier alpha value is -1.62. The van der Waals surface area contributed by atoms with E-state index in [1.807, 2.05) is 0 Å². The van der Waals surface area contributed by atoms with Gasteiger partial charge in [-0.2, -0.15) is 0 Å². The number of fused-ring (bicyclic) bond motifs is 1. The summed E-state index contributed by atoms with van der Waals surface area (Å²) in [4.78, 5) is 19.3. The fourth-order valence-corrected chi connectivity index (χ4v) is 1.79. The molecule has 0 aliphatic heterocycles. The molecule has 1 unspecified atom stereocenters. The van der Waals surface area contributed by atoms with Crippen LogP contribution in [-0.4, -0.2) is 20.4 Å². The van der Waals surface area contributed by atoms with Crippen LogP contribution >= 0.6 is 11.6 Å². The number of hydrogen-bond donors (Lipinski definition) is 1. The molecule has 2 N–H and O–H groups in total. The number of imidazole rings is 1. The number of aromatic nitrogens is 3. The molecule has 2 heterocycles. The third kappa shape index (κ3) is 1.86. The number of nitrogens with two attached hydrogens (primary N) is 1. The molecule has 0 bridgehead atoms. The Bertz CT molecular complexity index is 535. The van der Waals surface area contributed by atoms with Crippen molar-refractivity contribution in [1.29, 1.82) is 0 Å². The average molecular weight is 239 g/mol. The number of rotatable bonds is 3. The van der Waals surface area contributed by atoms with Crippen LogP contribution in [0.2, 0.25) is 0 Å². The van der Waals surface area contributed by atoms with Gasteiger partial charge >= 0.3 is 0 Å². The van der Waals surface area contributed by atoms with Gasteiger partial charge in [-0.05, 0) is 13.0 Å². The lowest BCUT2D eigenvalue weighted by Gasteiger charge is -2.07. The van der Waals surface area contributed by atoms with Gasteiger partial charge in [-0.15, -0.1) is 11.6 Å². The first-order valence-electron chi connectivity index (χ1n) is 4.82. The molecule has 1 atom stereocenters. The standard InChI is InChI=1S/C10H11ClN4O/c1-6(11)10-14-7-4-13-3-2-8(7)15(10)5-9(12)16/h2-4,6H,5H2,1H3,(H2,12,16). The normalized spacial score (nSPS) is 12.9. The second kappa shape index (κ2) is 4.09. The van der Waals surface area contributed by atoms with Gasteiger partial charge in [-0.3, -0.25) is 9.78 Å². The van der Waals surface area contributed by atoms with E-state index in [4.69, 9.17) is 17.3 Å².